The van der Waals surface area contributed by atoms with Gasteiger partial charge in [0.1, 0.15) is 11.6 Å². The van der Waals surface area contributed by atoms with Crippen molar-refractivity contribution < 1.29 is 8.78 Å². The Kier molecular flexibility index (Phi) is 5.28. The largest absolute Gasteiger partial charge is 0.207 e. The SMILES string of the molecule is CC.CC(C)c1cc(F)ccc1F. The first-order valence-corrected chi connectivity index (χ1v) is 4.56. The highest BCUT2D eigenvalue weighted by Crippen LogP contribution is 2.18. The molecule has 0 atom stereocenters. The first-order chi connectivity index (χ1) is 6.11. The zero-order chi connectivity index (χ0) is 10.4. The Labute approximate surface area is 78.6 Å². The molecule has 0 unspecified atom stereocenters. The highest BCUT2D eigenvalue weighted by molar-refractivity contribution is 5.21. The van der Waals surface area contributed by atoms with Gasteiger partial charge < -0.3 is 0 Å². The molecule has 13 heavy (non-hydrogen) atoms. The summed E-state index contributed by atoms with van der Waals surface area (Å²) in [6.45, 7) is 7.66. The van der Waals surface area contributed by atoms with Crippen molar-refractivity contribution in [1.82, 2.24) is 0 Å². The van der Waals surface area contributed by atoms with Crippen molar-refractivity contribution in [3.63, 3.8) is 0 Å². The van der Waals surface area contributed by atoms with Crippen LogP contribution in [0.25, 0.3) is 0 Å². The third-order valence-electron chi connectivity index (χ3n) is 1.58. The van der Waals surface area contributed by atoms with Gasteiger partial charge in [0.15, 0.2) is 0 Å². The fraction of sp³-hybridized carbons (Fsp3) is 0.455. The molecule has 0 bridgehead atoms. The van der Waals surface area contributed by atoms with E-state index in [0.29, 0.717) is 5.56 Å². The third kappa shape index (κ3) is 3.53. The predicted molar refractivity (Wildman–Crippen MR) is 51.8 cm³/mol. The highest BCUT2D eigenvalue weighted by Gasteiger charge is 2.06. The molecule has 0 saturated heterocycles. The zero-order valence-corrected chi connectivity index (χ0v) is 8.57. The molecule has 0 heterocycles. The Morgan fingerprint density at radius 1 is 1.08 bits per heavy atom. The molecule has 0 spiro atoms. The van der Waals surface area contributed by atoms with Gasteiger partial charge in [-0.2, -0.15) is 0 Å². The molecule has 0 fully saturated rings. The Balaban J connectivity index is 0.000000671. The molecule has 0 aromatic heterocycles. The number of benzene rings is 1. The highest BCUT2D eigenvalue weighted by atomic mass is 19.1. The molecular formula is C11H16F2. The molecule has 0 N–H and O–H groups in total. The van der Waals surface area contributed by atoms with Crippen LogP contribution in [0.15, 0.2) is 18.2 Å². The quantitative estimate of drug-likeness (QED) is 0.619. The third-order valence-corrected chi connectivity index (χ3v) is 1.58. The summed E-state index contributed by atoms with van der Waals surface area (Å²) in [5.41, 5.74) is 0.435. The molecule has 0 aliphatic heterocycles. The molecule has 1 aromatic rings. The molecule has 0 aliphatic carbocycles. The van der Waals surface area contributed by atoms with Gasteiger partial charge in [-0.05, 0) is 29.7 Å². The van der Waals surface area contributed by atoms with Crippen molar-refractivity contribution in [2.75, 3.05) is 0 Å². The van der Waals surface area contributed by atoms with E-state index in [-0.39, 0.29) is 17.6 Å². The monoisotopic (exact) mass is 186 g/mol. The number of rotatable bonds is 1. The molecule has 0 saturated carbocycles. The zero-order valence-electron chi connectivity index (χ0n) is 8.57. The van der Waals surface area contributed by atoms with Crippen LogP contribution >= 0.6 is 0 Å². The average Bonchev–Trinajstić information content (AvgIpc) is 2.12. The fourth-order valence-electron chi connectivity index (χ4n) is 0.957. The maximum atomic E-state index is 12.9. The number of halogens is 2. The van der Waals surface area contributed by atoms with Crippen LogP contribution < -0.4 is 0 Å². The summed E-state index contributed by atoms with van der Waals surface area (Å²) in [7, 11) is 0. The van der Waals surface area contributed by atoms with Crippen molar-refractivity contribution in [3.8, 4) is 0 Å². The Morgan fingerprint density at radius 2 is 1.62 bits per heavy atom. The lowest BCUT2D eigenvalue weighted by Gasteiger charge is -2.05. The standard InChI is InChI=1S/C9H10F2.C2H6/c1-6(2)8-5-7(10)3-4-9(8)11;1-2/h3-6H,1-2H3;1-2H3. The second kappa shape index (κ2) is 5.68. The summed E-state index contributed by atoms with van der Waals surface area (Å²) >= 11 is 0. The van der Waals surface area contributed by atoms with Crippen molar-refractivity contribution in [2.45, 2.75) is 33.6 Å². The minimum atomic E-state index is -0.380. The summed E-state index contributed by atoms with van der Waals surface area (Å²) in [6, 6.07) is 3.52. The van der Waals surface area contributed by atoms with Crippen LogP contribution in [-0.2, 0) is 0 Å². The minimum Gasteiger partial charge on any atom is -0.207 e. The van der Waals surface area contributed by atoms with E-state index in [9.17, 15) is 8.78 Å². The Bertz CT molecular complexity index is 254. The lowest BCUT2D eigenvalue weighted by molar-refractivity contribution is 0.575. The van der Waals surface area contributed by atoms with Gasteiger partial charge in [0.05, 0.1) is 0 Å². The van der Waals surface area contributed by atoms with Crippen LogP contribution in [-0.4, -0.2) is 0 Å². The normalized spacial score (nSPS) is 9.46. The van der Waals surface area contributed by atoms with Crippen molar-refractivity contribution >= 4 is 0 Å². The second-order valence-corrected chi connectivity index (χ2v) is 2.82. The van der Waals surface area contributed by atoms with Crippen LogP contribution in [0.4, 0.5) is 8.78 Å². The van der Waals surface area contributed by atoms with Crippen LogP contribution in [0.3, 0.4) is 0 Å². The summed E-state index contributed by atoms with van der Waals surface area (Å²) in [4.78, 5) is 0. The molecule has 74 valence electrons. The van der Waals surface area contributed by atoms with E-state index in [4.69, 9.17) is 0 Å². The molecule has 1 rings (SSSR count). The van der Waals surface area contributed by atoms with E-state index in [1.54, 1.807) is 0 Å². The van der Waals surface area contributed by atoms with Crippen LogP contribution in [0.5, 0.6) is 0 Å². The van der Waals surface area contributed by atoms with Crippen LogP contribution in [0, 0.1) is 11.6 Å². The van der Waals surface area contributed by atoms with Gasteiger partial charge in [-0.15, -0.1) is 0 Å². The van der Waals surface area contributed by atoms with Gasteiger partial charge in [0, 0.05) is 0 Å². The molecular weight excluding hydrogens is 170 g/mol. The van der Waals surface area contributed by atoms with Crippen molar-refractivity contribution in [2.24, 2.45) is 0 Å². The van der Waals surface area contributed by atoms with Gasteiger partial charge >= 0.3 is 0 Å². The summed E-state index contributed by atoms with van der Waals surface area (Å²) < 4.78 is 25.4. The lowest BCUT2D eigenvalue weighted by Crippen LogP contribution is -1.93. The van der Waals surface area contributed by atoms with Crippen molar-refractivity contribution in [1.29, 1.82) is 0 Å². The maximum Gasteiger partial charge on any atom is 0.126 e. The molecule has 0 radical (unpaired) electrons. The van der Waals surface area contributed by atoms with E-state index in [2.05, 4.69) is 0 Å². The molecule has 1 aromatic carbocycles. The second-order valence-electron chi connectivity index (χ2n) is 2.82. The summed E-state index contributed by atoms with van der Waals surface area (Å²) in [5.74, 6) is -0.679. The van der Waals surface area contributed by atoms with E-state index < -0.39 is 0 Å². The minimum absolute atomic E-state index is 0.0331. The Hall–Kier alpha value is -0.920. The molecule has 2 heteroatoms. The van der Waals surface area contributed by atoms with E-state index in [0.717, 1.165) is 12.1 Å². The van der Waals surface area contributed by atoms with E-state index >= 15 is 0 Å². The first-order valence-electron chi connectivity index (χ1n) is 4.56. The molecule has 0 amide bonds. The predicted octanol–water partition coefficient (Wildman–Crippen LogP) is 4.11. The topological polar surface area (TPSA) is 0 Å². The van der Waals surface area contributed by atoms with E-state index in [1.165, 1.54) is 6.07 Å². The molecule has 0 nitrogen and oxygen atoms in total. The van der Waals surface area contributed by atoms with Gasteiger partial charge in [0.25, 0.3) is 0 Å². The summed E-state index contributed by atoms with van der Waals surface area (Å²) in [6.07, 6.45) is 0. The molecule has 0 aliphatic rings. The van der Waals surface area contributed by atoms with Gasteiger partial charge in [0.2, 0.25) is 0 Å². The van der Waals surface area contributed by atoms with Gasteiger partial charge in [-0.1, -0.05) is 27.7 Å². The van der Waals surface area contributed by atoms with Crippen LogP contribution in [0.1, 0.15) is 39.2 Å². The summed E-state index contributed by atoms with van der Waals surface area (Å²) in [5, 5.41) is 0. The number of hydrogen-bond donors (Lipinski definition) is 0. The van der Waals surface area contributed by atoms with Gasteiger partial charge in [-0.25, -0.2) is 8.78 Å². The fourth-order valence-corrected chi connectivity index (χ4v) is 0.957. The van der Waals surface area contributed by atoms with Gasteiger partial charge in [-0.3, -0.25) is 0 Å². The average molecular weight is 186 g/mol. The number of hydrogen-bond acceptors (Lipinski definition) is 0. The first kappa shape index (κ1) is 12.1. The van der Waals surface area contributed by atoms with E-state index in [1.807, 2.05) is 27.7 Å². The Morgan fingerprint density at radius 3 is 2.00 bits per heavy atom. The van der Waals surface area contributed by atoms with Crippen LogP contribution in [0.2, 0.25) is 0 Å². The smallest absolute Gasteiger partial charge is 0.126 e. The lowest BCUT2D eigenvalue weighted by atomic mass is 10.0. The van der Waals surface area contributed by atoms with Crippen molar-refractivity contribution in [3.05, 3.63) is 35.4 Å². The maximum absolute atomic E-state index is 12.9.